The van der Waals surface area contributed by atoms with E-state index in [9.17, 15) is 4.79 Å². The molecule has 144 valence electrons. The van der Waals surface area contributed by atoms with Crippen molar-refractivity contribution in [3.8, 4) is 5.82 Å². The van der Waals surface area contributed by atoms with E-state index in [1.54, 1.807) is 23.4 Å². The van der Waals surface area contributed by atoms with E-state index in [2.05, 4.69) is 32.1 Å². The molecule has 1 amide bonds. The van der Waals surface area contributed by atoms with Crippen LogP contribution in [0.4, 0.5) is 11.5 Å². The summed E-state index contributed by atoms with van der Waals surface area (Å²) in [5, 5.41) is 2.90. The second kappa shape index (κ2) is 7.80. The molecule has 1 saturated heterocycles. The molecular weight excluding hydrogens is 352 g/mol. The van der Waals surface area contributed by atoms with Gasteiger partial charge in [0.15, 0.2) is 0 Å². The molecule has 0 bridgehead atoms. The maximum absolute atomic E-state index is 12.5. The van der Waals surface area contributed by atoms with Crippen LogP contribution in [-0.4, -0.2) is 38.5 Å². The highest BCUT2D eigenvalue weighted by Crippen LogP contribution is 2.22. The Balaban J connectivity index is 1.52. The second-order valence-electron chi connectivity index (χ2n) is 7.36. The lowest BCUT2D eigenvalue weighted by atomic mass is 10.0. The van der Waals surface area contributed by atoms with Crippen LogP contribution in [0.15, 0.2) is 49.2 Å². The zero-order valence-electron chi connectivity index (χ0n) is 16.2. The Morgan fingerprint density at radius 2 is 2.00 bits per heavy atom. The molecule has 0 saturated carbocycles. The number of nitrogens with zero attached hydrogens (tertiary/aromatic N) is 5. The summed E-state index contributed by atoms with van der Waals surface area (Å²) in [6.07, 6.45) is 7.30. The summed E-state index contributed by atoms with van der Waals surface area (Å²) < 4.78 is 1.76. The fraction of sp³-hybridized carbons (Fsp3) is 0.333. The predicted molar refractivity (Wildman–Crippen MR) is 109 cm³/mol. The van der Waals surface area contributed by atoms with E-state index in [0.717, 1.165) is 30.2 Å². The Morgan fingerprint density at radius 1 is 1.18 bits per heavy atom. The van der Waals surface area contributed by atoms with Crippen molar-refractivity contribution in [3.05, 3.63) is 60.4 Å². The van der Waals surface area contributed by atoms with E-state index in [1.165, 1.54) is 12.8 Å². The molecule has 1 N–H and O–H groups in total. The van der Waals surface area contributed by atoms with Gasteiger partial charge in [-0.15, -0.1) is 0 Å². The number of nitrogens with one attached hydrogen (secondary N) is 1. The molecule has 3 aromatic rings. The Hall–Kier alpha value is -3.22. The Kier molecular flexibility index (Phi) is 5.06. The number of para-hydroxylation sites is 1. The van der Waals surface area contributed by atoms with Crippen LogP contribution in [0.3, 0.4) is 0 Å². The Morgan fingerprint density at radius 3 is 2.82 bits per heavy atom. The summed E-state index contributed by atoms with van der Waals surface area (Å²) in [4.78, 5) is 27.9. The van der Waals surface area contributed by atoms with Crippen LogP contribution >= 0.6 is 0 Å². The number of anilines is 2. The normalized spacial score (nSPS) is 16.8. The van der Waals surface area contributed by atoms with Gasteiger partial charge in [-0.25, -0.2) is 15.0 Å². The summed E-state index contributed by atoms with van der Waals surface area (Å²) in [6, 6.07) is 9.61. The van der Waals surface area contributed by atoms with Gasteiger partial charge in [0, 0.05) is 31.0 Å². The number of piperidine rings is 1. The van der Waals surface area contributed by atoms with E-state index in [0.29, 0.717) is 17.4 Å². The first-order valence-corrected chi connectivity index (χ1v) is 9.58. The number of carbonyl (C=O) groups is 1. The van der Waals surface area contributed by atoms with Crippen molar-refractivity contribution >= 4 is 17.4 Å². The van der Waals surface area contributed by atoms with Crippen LogP contribution in [0.25, 0.3) is 5.82 Å². The second-order valence-corrected chi connectivity index (χ2v) is 7.36. The summed E-state index contributed by atoms with van der Waals surface area (Å²) >= 11 is 0. The first-order chi connectivity index (χ1) is 13.6. The van der Waals surface area contributed by atoms with Gasteiger partial charge in [0.25, 0.3) is 5.91 Å². The van der Waals surface area contributed by atoms with Crippen LogP contribution in [-0.2, 0) is 0 Å². The van der Waals surface area contributed by atoms with Crippen molar-refractivity contribution < 1.29 is 4.79 Å². The zero-order chi connectivity index (χ0) is 19.5. The van der Waals surface area contributed by atoms with Crippen molar-refractivity contribution in [1.82, 2.24) is 19.5 Å². The van der Waals surface area contributed by atoms with Gasteiger partial charge in [-0.2, -0.15) is 0 Å². The number of hydrogen-bond donors (Lipinski definition) is 1. The molecule has 1 atom stereocenters. The lowest BCUT2D eigenvalue weighted by molar-refractivity contribution is 0.102. The lowest BCUT2D eigenvalue weighted by Gasteiger charge is -2.31. The third-order valence-electron chi connectivity index (χ3n) is 5.09. The SMILES string of the molecule is Cc1ccccc1NC(=O)c1cn(-c2cc(N3CCC[C@@H](C)C3)ncn2)cn1. The third-order valence-corrected chi connectivity index (χ3v) is 5.09. The highest BCUT2D eigenvalue weighted by molar-refractivity contribution is 6.03. The fourth-order valence-corrected chi connectivity index (χ4v) is 3.51. The number of benzene rings is 1. The van der Waals surface area contributed by atoms with Crippen molar-refractivity contribution in [2.24, 2.45) is 5.92 Å². The Labute approximate surface area is 164 Å². The van der Waals surface area contributed by atoms with Gasteiger partial charge in [0.2, 0.25) is 0 Å². The summed E-state index contributed by atoms with van der Waals surface area (Å²) in [6.45, 7) is 6.24. The predicted octanol–water partition coefficient (Wildman–Crippen LogP) is 3.46. The summed E-state index contributed by atoms with van der Waals surface area (Å²) in [5.74, 6) is 2.03. The molecule has 0 unspecified atom stereocenters. The first-order valence-electron chi connectivity index (χ1n) is 9.58. The van der Waals surface area contributed by atoms with Gasteiger partial charge in [0.05, 0.1) is 0 Å². The van der Waals surface area contributed by atoms with Crippen LogP contribution < -0.4 is 10.2 Å². The van der Waals surface area contributed by atoms with Gasteiger partial charge >= 0.3 is 0 Å². The molecule has 28 heavy (non-hydrogen) atoms. The fourth-order valence-electron chi connectivity index (χ4n) is 3.51. The standard InChI is InChI=1S/C21H24N6O/c1-15-6-5-9-26(11-15)19-10-20(23-13-22-19)27-12-18(24-14-27)21(28)25-17-8-4-3-7-16(17)2/h3-4,7-8,10,12-15H,5-6,9,11H2,1-2H3,(H,25,28)/t15-/m1/s1. The lowest BCUT2D eigenvalue weighted by Crippen LogP contribution is -2.34. The molecule has 4 rings (SSSR count). The molecule has 1 aliphatic heterocycles. The zero-order valence-corrected chi connectivity index (χ0v) is 16.2. The van der Waals surface area contributed by atoms with Crippen molar-refractivity contribution in [2.45, 2.75) is 26.7 Å². The monoisotopic (exact) mass is 376 g/mol. The van der Waals surface area contributed by atoms with E-state index >= 15 is 0 Å². The van der Waals surface area contributed by atoms with E-state index in [-0.39, 0.29) is 5.91 Å². The smallest absolute Gasteiger partial charge is 0.275 e. The minimum atomic E-state index is -0.243. The number of aryl methyl sites for hydroxylation is 1. The van der Waals surface area contributed by atoms with Crippen molar-refractivity contribution in [3.63, 3.8) is 0 Å². The first kappa shape index (κ1) is 18.2. The highest BCUT2D eigenvalue weighted by Gasteiger charge is 2.18. The number of carbonyl (C=O) groups excluding carboxylic acids is 1. The Bertz CT molecular complexity index is 982. The molecule has 1 aliphatic rings. The molecule has 7 nitrogen and oxygen atoms in total. The van der Waals surface area contributed by atoms with Crippen molar-refractivity contribution in [2.75, 3.05) is 23.3 Å². The van der Waals surface area contributed by atoms with Gasteiger partial charge in [0.1, 0.15) is 30.0 Å². The van der Waals surface area contributed by atoms with E-state index < -0.39 is 0 Å². The number of hydrogen-bond acceptors (Lipinski definition) is 5. The minimum Gasteiger partial charge on any atom is -0.356 e. The number of rotatable bonds is 4. The number of aromatic nitrogens is 4. The van der Waals surface area contributed by atoms with Crippen LogP contribution in [0.5, 0.6) is 0 Å². The highest BCUT2D eigenvalue weighted by atomic mass is 16.1. The number of imidazole rings is 1. The number of amides is 1. The molecule has 7 heteroatoms. The van der Waals surface area contributed by atoms with Gasteiger partial charge < -0.3 is 10.2 Å². The van der Waals surface area contributed by atoms with Crippen molar-refractivity contribution in [1.29, 1.82) is 0 Å². The van der Waals surface area contributed by atoms with Gasteiger partial charge in [-0.3, -0.25) is 9.36 Å². The van der Waals surface area contributed by atoms with Gasteiger partial charge in [-0.05, 0) is 37.3 Å². The molecule has 0 spiro atoms. The molecule has 2 aromatic heterocycles. The molecule has 1 fully saturated rings. The van der Waals surface area contributed by atoms with Crippen LogP contribution in [0.2, 0.25) is 0 Å². The summed E-state index contributed by atoms with van der Waals surface area (Å²) in [5.41, 5.74) is 2.13. The molecule has 0 aliphatic carbocycles. The van der Waals surface area contributed by atoms with E-state index in [4.69, 9.17) is 0 Å². The van der Waals surface area contributed by atoms with Crippen LogP contribution in [0, 0.1) is 12.8 Å². The average molecular weight is 376 g/mol. The molecule has 3 heterocycles. The van der Waals surface area contributed by atoms with Gasteiger partial charge in [-0.1, -0.05) is 25.1 Å². The molecule has 1 aromatic carbocycles. The largest absolute Gasteiger partial charge is 0.356 e. The maximum Gasteiger partial charge on any atom is 0.275 e. The van der Waals surface area contributed by atoms with Crippen LogP contribution in [0.1, 0.15) is 35.8 Å². The molecule has 0 radical (unpaired) electrons. The average Bonchev–Trinajstić information content (AvgIpc) is 3.20. The summed E-state index contributed by atoms with van der Waals surface area (Å²) in [7, 11) is 0. The maximum atomic E-state index is 12.5. The topological polar surface area (TPSA) is 75.9 Å². The van der Waals surface area contributed by atoms with E-state index in [1.807, 2.05) is 37.3 Å². The third kappa shape index (κ3) is 3.88. The minimum absolute atomic E-state index is 0.243. The quantitative estimate of drug-likeness (QED) is 0.755. The molecular formula is C21H24N6O.